The van der Waals surface area contributed by atoms with Crippen molar-refractivity contribution < 1.29 is 18.7 Å². The summed E-state index contributed by atoms with van der Waals surface area (Å²) in [6.45, 7) is 5.91. The summed E-state index contributed by atoms with van der Waals surface area (Å²) in [5.41, 5.74) is 1.68. The van der Waals surface area contributed by atoms with Crippen molar-refractivity contribution in [3.05, 3.63) is 65.0 Å². The molecule has 0 N–H and O–H groups in total. The number of hydrogen-bond acceptors (Lipinski definition) is 5. The zero-order chi connectivity index (χ0) is 19.4. The van der Waals surface area contributed by atoms with E-state index in [2.05, 4.69) is 0 Å². The van der Waals surface area contributed by atoms with Gasteiger partial charge in [0.05, 0.1) is 6.61 Å². The Balaban J connectivity index is 1.88. The lowest BCUT2D eigenvalue weighted by Gasteiger charge is -2.15. The van der Waals surface area contributed by atoms with Gasteiger partial charge in [0.1, 0.15) is 11.3 Å². The molecule has 5 heteroatoms. The number of rotatable bonds is 6. The minimum atomic E-state index is -0.759. The minimum absolute atomic E-state index is 0.257. The lowest BCUT2D eigenvalue weighted by molar-refractivity contribution is -0.152. The number of carbonyl (C=O) groups excluding carboxylic acids is 1. The molecule has 0 saturated heterocycles. The number of hydrogen-bond donors (Lipinski definition) is 0. The average Bonchev–Trinajstić information content (AvgIpc) is 2.65. The molecule has 0 fully saturated rings. The molecule has 5 nitrogen and oxygen atoms in total. The highest BCUT2D eigenvalue weighted by molar-refractivity contribution is 5.93. The highest BCUT2D eigenvalue weighted by Gasteiger charge is 2.17. The van der Waals surface area contributed by atoms with Crippen LogP contribution in [0.25, 0.3) is 22.1 Å². The summed E-state index contributed by atoms with van der Waals surface area (Å²) >= 11 is 0. The largest absolute Gasteiger partial charge is 0.479 e. The van der Waals surface area contributed by atoms with E-state index in [-0.39, 0.29) is 5.92 Å². The number of benzene rings is 2. The van der Waals surface area contributed by atoms with Crippen LogP contribution in [0, 0.1) is 5.92 Å². The summed E-state index contributed by atoms with van der Waals surface area (Å²) in [7, 11) is 0. The molecule has 0 aliphatic heterocycles. The summed E-state index contributed by atoms with van der Waals surface area (Å²) in [5.74, 6) is 0.264. The SMILES string of the molecule is CC(C)COC(=O)C(C)Oc1ccc2c(-c3ccccc3)cc(=O)oc2c1. The van der Waals surface area contributed by atoms with Gasteiger partial charge in [-0.1, -0.05) is 44.2 Å². The fourth-order valence-corrected chi connectivity index (χ4v) is 2.69. The van der Waals surface area contributed by atoms with E-state index in [9.17, 15) is 9.59 Å². The monoisotopic (exact) mass is 366 g/mol. The van der Waals surface area contributed by atoms with E-state index >= 15 is 0 Å². The molecule has 0 amide bonds. The Hall–Kier alpha value is -3.08. The van der Waals surface area contributed by atoms with Gasteiger partial charge in [-0.2, -0.15) is 0 Å². The number of ether oxygens (including phenoxy) is 2. The van der Waals surface area contributed by atoms with E-state index in [1.807, 2.05) is 50.2 Å². The van der Waals surface area contributed by atoms with Crippen LogP contribution in [-0.4, -0.2) is 18.7 Å². The van der Waals surface area contributed by atoms with Gasteiger partial charge in [-0.05, 0) is 36.1 Å². The van der Waals surface area contributed by atoms with Crippen LogP contribution >= 0.6 is 0 Å². The van der Waals surface area contributed by atoms with Crippen molar-refractivity contribution in [2.45, 2.75) is 26.9 Å². The molecule has 1 unspecified atom stereocenters. The third-order valence-corrected chi connectivity index (χ3v) is 4.00. The van der Waals surface area contributed by atoms with Crippen LogP contribution in [0.5, 0.6) is 5.75 Å². The average molecular weight is 366 g/mol. The van der Waals surface area contributed by atoms with E-state index < -0.39 is 17.7 Å². The second-order valence-electron chi connectivity index (χ2n) is 6.79. The maximum absolute atomic E-state index is 12.0. The third-order valence-electron chi connectivity index (χ3n) is 4.00. The molecule has 0 bridgehead atoms. The predicted octanol–water partition coefficient (Wildman–Crippen LogP) is 4.43. The van der Waals surface area contributed by atoms with Gasteiger partial charge in [0.15, 0.2) is 6.10 Å². The van der Waals surface area contributed by atoms with Gasteiger partial charge in [-0.3, -0.25) is 0 Å². The first kappa shape index (κ1) is 18.7. The van der Waals surface area contributed by atoms with Crippen LogP contribution in [-0.2, 0) is 9.53 Å². The van der Waals surface area contributed by atoms with Crippen molar-refractivity contribution in [3.63, 3.8) is 0 Å². The predicted molar refractivity (Wildman–Crippen MR) is 104 cm³/mol. The van der Waals surface area contributed by atoms with Crippen LogP contribution in [0.1, 0.15) is 20.8 Å². The lowest BCUT2D eigenvalue weighted by Crippen LogP contribution is -2.27. The van der Waals surface area contributed by atoms with Gasteiger partial charge in [0.25, 0.3) is 0 Å². The van der Waals surface area contributed by atoms with Gasteiger partial charge in [0.2, 0.25) is 0 Å². The Labute approximate surface area is 157 Å². The Morgan fingerprint density at radius 2 is 1.78 bits per heavy atom. The molecule has 3 rings (SSSR count). The zero-order valence-corrected chi connectivity index (χ0v) is 15.6. The van der Waals surface area contributed by atoms with Gasteiger partial charge in [-0.25, -0.2) is 9.59 Å². The second kappa shape index (κ2) is 8.08. The van der Waals surface area contributed by atoms with Crippen molar-refractivity contribution in [2.75, 3.05) is 6.61 Å². The van der Waals surface area contributed by atoms with E-state index in [1.54, 1.807) is 19.1 Å². The molecule has 0 aliphatic carbocycles. The smallest absolute Gasteiger partial charge is 0.347 e. The molecule has 0 aliphatic rings. The van der Waals surface area contributed by atoms with Crippen LogP contribution in [0.4, 0.5) is 0 Å². The summed E-state index contributed by atoms with van der Waals surface area (Å²) in [6.07, 6.45) is -0.759. The fraction of sp³-hybridized carbons (Fsp3) is 0.273. The second-order valence-corrected chi connectivity index (χ2v) is 6.79. The number of fused-ring (bicyclic) bond motifs is 1. The minimum Gasteiger partial charge on any atom is -0.479 e. The number of carbonyl (C=O) groups is 1. The normalized spacial score (nSPS) is 12.1. The first-order chi connectivity index (χ1) is 12.9. The highest BCUT2D eigenvalue weighted by atomic mass is 16.6. The van der Waals surface area contributed by atoms with Crippen LogP contribution < -0.4 is 10.4 Å². The molecule has 1 heterocycles. The Kier molecular flexibility index (Phi) is 5.60. The van der Waals surface area contributed by atoms with E-state index in [0.29, 0.717) is 17.9 Å². The highest BCUT2D eigenvalue weighted by Crippen LogP contribution is 2.29. The van der Waals surface area contributed by atoms with Crippen molar-refractivity contribution in [1.29, 1.82) is 0 Å². The van der Waals surface area contributed by atoms with Crippen molar-refractivity contribution in [1.82, 2.24) is 0 Å². The van der Waals surface area contributed by atoms with Crippen LogP contribution in [0.15, 0.2) is 63.8 Å². The molecule has 1 atom stereocenters. The summed E-state index contributed by atoms with van der Waals surface area (Å²) in [4.78, 5) is 24.0. The molecule has 0 saturated carbocycles. The van der Waals surface area contributed by atoms with Crippen molar-refractivity contribution >= 4 is 16.9 Å². The standard InChI is InChI=1S/C22H22O5/c1-14(2)13-25-22(24)15(3)26-17-9-10-18-19(16-7-5-4-6-8-16)12-21(23)27-20(18)11-17/h4-12,14-15H,13H2,1-3H3. The molecule has 1 aromatic heterocycles. The first-order valence-corrected chi connectivity index (χ1v) is 8.90. The molecule has 3 aromatic rings. The third kappa shape index (κ3) is 4.56. The molecule has 0 spiro atoms. The summed E-state index contributed by atoms with van der Waals surface area (Å²) in [6, 6.07) is 16.3. The Morgan fingerprint density at radius 3 is 2.48 bits per heavy atom. The van der Waals surface area contributed by atoms with E-state index in [4.69, 9.17) is 13.9 Å². The maximum Gasteiger partial charge on any atom is 0.347 e. The van der Waals surface area contributed by atoms with Crippen molar-refractivity contribution in [3.8, 4) is 16.9 Å². The van der Waals surface area contributed by atoms with E-state index in [0.717, 1.165) is 16.5 Å². The topological polar surface area (TPSA) is 65.7 Å². The first-order valence-electron chi connectivity index (χ1n) is 8.90. The summed E-state index contributed by atoms with van der Waals surface area (Å²) < 4.78 is 16.2. The van der Waals surface area contributed by atoms with E-state index in [1.165, 1.54) is 6.07 Å². The lowest BCUT2D eigenvalue weighted by atomic mass is 10.0. The van der Waals surface area contributed by atoms with Gasteiger partial charge in [0, 0.05) is 17.5 Å². The zero-order valence-electron chi connectivity index (χ0n) is 15.6. The molecule has 27 heavy (non-hydrogen) atoms. The van der Waals surface area contributed by atoms with Gasteiger partial charge in [-0.15, -0.1) is 0 Å². The summed E-state index contributed by atoms with van der Waals surface area (Å²) in [5, 5.41) is 0.795. The molecular formula is C22H22O5. The quantitative estimate of drug-likeness (QED) is 0.477. The van der Waals surface area contributed by atoms with Crippen molar-refractivity contribution in [2.24, 2.45) is 5.92 Å². The Bertz CT molecular complexity index is 989. The number of esters is 1. The fourth-order valence-electron chi connectivity index (χ4n) is 2.69. The van der Waals surface area contributed by atoms with Crippen LogP contribution in [0.3, 0.4) is 0 Å². The molecule has 2 aromatic carbocycles. The Morgan fingerprint density at radius 1 is 1.04 bits per heavy atom. The molecule has 140 valence electrons. The van der Waals surface area contributed by atoms with Crippen LogP contribution in [0.2, 0.25) is 0 Å². The molecular weight excluding hydrogens is 344 g/mol. The molecule has 0 radical (unpaired) electrons. The van der Waals surface area contributed by atoms with Gasteiger partial charge < -0.3 is 13.9 Å². The van der Waals surface area contributed by atoms with Gasteiger partial charge >= 0.3 is 11.6 Å². The maximum atomic E-state index is 12.0.